The number of carbonyl (C=O) groups is 2. The molecule has 3 saturated heterocycles. The summed E-state index contributed by atoms with van der Waals surface area (Å²) in [6, 6.07) is 5.52. The van der Waals surface area contributed by atoms with Gasteiger partial charge in [-0.15, -0.1) is 0 Å². The van der Waals surface area contributed by atoms with E-state index in [0.717, 1.165) is 42.0 Å². The van der Waals surface area contributed by atoms with Crippen molar-refractivity contribution in [3.63, 3.8) is 0 Å². The molecule has 3 aliphatic rings. The van der Waals surface area contributed by atoms with Crippen LogP contribution in [-0.4, -0.2) is 90.6 Å². The Labute approximate surface area is 274 Å². The standard InChI is InChI=1S/C34H46F3N5O5/c1-7-41(27-8-14-45-15-9-27)30-25(19-28(20-38-30)39-10-12-40(13-11-39)31(43)47-33(4,5)6)21-42-23(3)29(46-32(42)44)24-16-22(2)17-26(18-24)34(35,36)37/h16-20,23,27,29H,7-15,21H2,1-6H3/t23-,29-/m0/s1. The van der Waals surface area contributed by atoms with E-state index in [4.69, 9.17) is 19.2 Å². The molecule has 0 spiro atoms. The van der Waals surface area contributed by atoms with Crippen molar-refractivity contribution >= 4 is 23.7 Å². The first-order valence-corrected chi connectivity index (χ1v) is 16.4. The molecule has 1 aromatic heterocycles. The van der Waals surface area contributed by atoms with E-state index >= 15 is 0 Å². The van der Waals surface area contributed by atoms with Crippen molar-refractivity contribution in [3.8, 4) is 0 Å². The minimum atomic E-state index is -4.51. The molecule has 0 radical (unpaired) electrons. The number of aryl methyl sites for hydroxylation is 1. The number of carbonyl (C=O) groups excluding carboxylic acids is 2. The fourth-order valence-electron chi connectivity index (χ4n) is 6.57. The number of cyclic esters (lactones) is 1. The van der Waals surface area contributed by atoms with Crippen LogP contribution in [0.1, 0.15) is 75.8 Å². The van der Waals surface area contributed by atoms with Crippen molar-refractivity contribution in [1.82, 2.24) is 14.8 Å². The summed E-state index contributed by atoms with van der Waals surface area (Å²) in [6.07, 6.45) is -2.77. The van der Waals surface area contributed by atoms with Gasteiger partial charge in [-0.2, -0.15) is 13.2 Å². The van der Waals surface area contributed by atoms with Crippen LogP contribution in [0.5, 0.6) is 0 Å². The number of ether oxygens (including phenoxy) is 3. The Bertz CT molecular complexity index is 1430. The molecule has 10 nitrogen and oxygen atoms in total. The molecular weight excluding hydrogens is 615 g/mol. The predicted molar refractivity (Wildman–Crippen MR) is 172 cm³/mol. The van der Waals surface area contributed by atoms with Crippen LogP contribution in [0.3, 0.4) is 0 Å². The van der Waals surface area contributed by atoms with Crippen LogP contribution in [0.15, 0.2) is 30.5 Å². The van der Waals surface area contributed by atoms with Gasteiger partial charge in [0.2, 0.25) is 0 Å². The fourth-order valence-corrected chi connectivity index (χ4v) is 6.57. The molecule has 47 heavy (non-hydrogen) atoms. The number of rotatable bonds is 7. The molecule has 0 bridgehead atoms. The second kappa shape index (κ2) is 13.8. The Hall–Kier alpha value is -3.74. The lowest BCUT2D eigenvalue weighted by Gasteiger charge is -2.38. The molecule has 3 aliphatic heterocycles. The van der Waals surface area contributed by atoms with Crippen molar-refractivity contribution in [3.05, 3.63) is 52.7 Å². The maximum absolute atomic E-state index is 13.6. The van der Waals surface area contributed by atoms with Crippen molar-refractivity contribution in [2.24, 2.45) is 0 Å². The summed E-state index contributed by atoms with van der Waals surface area (Å²) >= 11 is 0. The number of anilines is 2. The van der Waals surface area contributed by atoms with Gasteiger partial charge in [0.05, 0.1) is 30.0 Å². The van der Waals surface area contributed by atoms with Crippen LogP contribution in [0.25, 0.3) is 0 Å². The Morgan fingerprint density at radius 3 is 2.36 bits per heavy atom. The van der Waals surface area contributed by atoms with Crippen LogP contribution in [-0.2, 0) is 26.9 Å². The smallest absolute Gasteiger partial charge is 0.416 e. The fraction of sp³-hybridized carbons (Fsp3) is 0.618. The zero-order valence-corrected chi connectivity index (χ0v) is 28.1. The summed E-state index contributed by atoms with van der Waals surface area (Å²) in [4.78, 5) is 38.6. The van der Waals surface area contributed by atoms with E-state index in [0.29, 0.717) is 57.1 Å². The van der Waals surface area contributed by atoms with E-state index < -0.39 is 35.6 Å². The molecule has 2 aromatic rings. The summed E-state index contributed by atoms with van der Waals surface area (Å²) in [7, 11) is 0. The number of nitrogens with zero attached hydrogens (tertiary/aromatic N) is 5. The first-order chi connectivity index (χ1) is 22.1. The highest BCUT2D eigenvalue weighted by atomic mass is 19.4. The topological polar surface area (TPSA) is 87.7 Å². The second-order valence-electron chi connectivity index (χ2n) is 13.6. The van der Waals surface area contributed by atoms with Gasteiger partial charge < -0.3 is 28.9 Å². The first-order valence-electron chi connectivity index (χ1n) is 16.4. The lowest BCUT2D eigenvalue weighted by molar-refractivity contribution is -0.137. The molecule has 1 aromatic carbocycles. The highest BCUT2D eigenvalue weighted by Gasteiger charge is 2.42. The number of piperazine rings is 1. The number of halogens is 3. The van der Waals surface area contributed by atoms with Crippen molar-refractivity contribution in [2.45, 2.75) is 90.9 Å². The van der Waals surface area contributed by atoms with E-state index in [-0.39, 0.29) is 18.7 Å². The van der Waals surface area contributed by atoms with Gasteiger partial charge in [-0.25, -0.2) is 14.6 Å². The molecule has 5 rings (SSSR count). The summed E-state index contributed by atoms with van der Waals surface area (Å²) < 4.78 is 57.8. The van der Waals surface area contributed by atoms with E-state index in [1.807, 2.05) is 33.0 Å². The third-order valence-corrected chi connectivity index (χ3v) is 8.96. The Balaban J connectivity index is 1.41. The molecule has 0 aliphatic carbocycles. The molecule has 0 unspecified atom stereocenters. The Morgan fingerprint density at radius 1 is 1.06 bits per heavy atom. The molecular formula is C34H46F3N5O5. The van der Waals surface area contributed by atoms with Crippen LogP contribution >= 0.6 is 0 Å². The number of pyridine rings is 1. The first kappa shape index (κ1) is 34.6. The zero-order valence-electron chi connectivity index (χ0n) is 28.1. The van der Waals surface area contributed by atoms with E-state index in [2.05, 4.69) is 16.7 Å². The summed E-state index contributed by atoms with van der Waals surface area (Å²) in [6.45, 7) is 15.3. The Kier molecular flexibility index (Phi) is 10.1. The number of benzene rings is 1. The van der Waals surface area contributed by atoms with Gasteiger partial charge in [0.1, 0.15) is 17.5 Å². The van der Waals surface area contributed by atoms with E-state index in [9.17, 15) is 22.8 Å². The molecule has 2 atom stereocenters. The molecule has 0 N–H and O–H groups in total. The lowest BCUT2D eigenvalue weighted by Crippen LogP contribution is -2.50. The maximum atomic E-state index is 13.6. The molecule has 2 amide bonds. The number of aromatic nitrogens is 1. The van der Waals surface area contributed by atoms with Gasteiger partial charge in [0.25, 0.3) is 0 Å². The van der Waals surface area contributed by atoms with Gasteiger partial charge in [0.15, 0.2) is 0 Å². The highest BCUT2D eigenvalue weighted by Crippen LogP contribution is 2.39. The summed E-state index contributed by atoms with van der Waals surface area (Å²) in [5, 5.41) is 0. The van der Waals surface area contributed by atoms with E-state index in [1.165, 1.54) is 0 Å². The SMILES string of the molecule is CCN(c1ncc(N2CCN(C(=O)OC(C)(C)C)CC2)cc1CN1C(=O)O[C@H](c2cc(C)cc(C(F)(F)F)c2)[C@@H]1C)C1CCOCC1. The highest BCUT2D eigenvalue weighted by molar-refractivity contribution is 5.72. The van der Waals surface area contributed by atoms with Crippen LogP contribution < -0.4 is 9.80 Å². The quantitative estimate of drug-likeness (QED) is 0.330. The second-order valence-corrected chi connectivity index (χ2v) is 13.6. The van der Waals surface area contributed by atoms with Gasteiger partial charge in [-0.3, -0.25) is 4.90 Å². The van der Waals surface area contributed by atoms with Gasteiger partial charge in [-0.1, -0.05) is 11.6 Å². The lowest BCUT2D eigenvalue weighted by atomic mass is 9.98. The third-order valence-electron chi connectivity index (χ3n) is 8.96. The predicted octanol–water partition coefficient (Wildman–Crippen LogP) is 6.55. The summed E-state index contributed by atoms with van der Waals surface area (Å²) in [5.41, 5.74) is 1.09. The van der Waals surface area contributed by atoms with Crippen molar-refractivity contribution in [2.75, 3.05) is 55.7 Å². The third kappa shape index (κ3) is 8.05. The zero-order chi connectivity index (χ0) is 34.1. The average Bonchev–Trinajstić information content (AvgIpc) is 3.29. The Morgan fingerprint density at radius 2 is 1.74 bits per heavy atom. The minimum absolute atomic E-state index is 0.169. The van der Waals surface area contributed by atoms with Crippen molar-refractivity contribution < 1.29 is 37.0 Å². The number of hydrogen-bond acceptors (Lipinski definition) is 8. The molecule has 3 fully saturated rings. The normalized spacial score (nSPS) is 21.2. The molecule has 258 valence electrons. The van der Waals surface area contributed by atoms with Crippen LogP contribution in [0, 0.1) is 6.92 Å². The largest absolute Gasteiger partial charge is 0.444 e. The number of amides is 2. The number of alkyl halides is 3. The van der Waals surface area contributed by atoms with Gasteiger partial charge in [-0.05, 0) is 78.1 Å². The molecule has 0 saturated carbocycles. The van der Waals surface area contributed by atoms with E-state index in [1.54, 1.807) is 29.7 Å². The van der Waals surface area contributed by atoms with Crippen LogP contribution in [0.2, 0.25) is 0 Å². The van der Waals surface area contributed by atoms with Crippen LogP contribution in [0.4, 0.5) is 34.3 Å². The van der Waals surface area contributed by atoms with Gasteiger partial charge in [0, 0.05) is 57.5 Å². The molecule has 13 heteroatoms. The van der Waals surface area contributed by atoms with Gasteiger partial charge >= 0.3 is 18.4 Å². The minimum Gasteiger partial charge on any atom is -0.444 e. The monoisotopic (exact) mass is 661 g/mol. The summed E-state index contributed by atoms with van der Waals surface area (Å²) in [5.74, 6) is 0.758. The average molecular weight is 662 g/mol. The maximum Gasteiger partial charge on any atom is 0.416 e. The molecule has 4 heterocycles. The number of hydrogen-bond donors (Lipinski definition) is 0. The van der Waals surface area contributed by atoms with Crippen molar-refractivity contribution in [1.29, 1.82) is 0 Å².